The van der Waals surface area contributed by atoms with Gasteiger partial charge < -0.3 is 9.84 Å². The van der Waals surface area contributed by atoms with Crippen molar-refractivity contribution in [1.82, 2.24) is 0 Å². The first-order valence-corrected chi connectivity index (χ1v) is 5.89. The fourth-order valence-corrected chi connectivity index (χ4v) is 2.18. The van der Waals surface area contributed by atoms with E-state index in [9.17, 15) is 13.9 Å². The van der Waals surface area contributed by atoms with Crippen LogP contribution in [0.3, 0.4) is 0 Å². The maximum atomic E-state index is 13.4. The molecule has 2 atom stereocenters. The molecule has 2 nitrogen and oxygen atoms in total. The molecule has 0 spiro atoms. The van der Waals surface area contributed by atoms with Crippen LogP contribution in [-0.2, 0) is 11.2 Å². The minimum atomic E-state index is -0.869. The topological polar surface area (TPSA) is 29.5 Å². The van der Waals surface area contributed by atoms with Gasteiger partial charge in [-0.3, -0.25) is 0 Å². The summed E-state index contributed by atoms with van der Waals surface area (Å²) in [6.07, 6.45) is 1.92. The van der Waals surface area contributed by atoms with Crippen LogP contribution in [0.2, 0.25) is 0 Å². The average Bonchev–Trinajstić information content (AvgIpc) is 2.77. The zero-order chi connectivity index (χ0) is 12.3. The zero-order valence-electron chi connectivity index (χ0n) is 9.53. The van der Waals surface area contributed by atoms with Gasteiger partial charge in [-0.1, -0.05) is 12.1 Å². The standard InChI is InChI=1S/C13H16F2O2/c14-12-5-1-3-9(13(12)15)7-10(16)8-11-4-2-6-17-11/h1,3,5,10-11,16H,2,4,6-8H2. The Labute approximate surface area is 99.2 Å². The van der Waals surface area contributed by atoms with Crippen LogP contribution in [0.15, 0.2) is 18.2 Å². The van der Waals surface area contributed by atoms with Crippen LogP contribution < -0.4 is 0 Å². The van der Waals surface area contributed by atoms with Crippen LogP contribution in [0.1, 0.15) is 24.8 Å². The molecule has 2 rings (SSSR count). The van der Waals surface area contributed by atoms with Crippen molar-refractivity contribution >= 4 is 0 Å². The van der Waals surface area contributed by atoms with Gasteiger partial charge in [-0.2, -0.15) is 0 Å². The number of aliphatic hydroxyl groups excluding tert-OH is 1. The molecule has 0 saturated carbocycles. The van der Waals surface area contributed by atoms with E-state index in [2.05, 4.69) is 0 Å². The fourth-order valence-electron chi connectivity index (χ4n) is 2.18. The van der Waals surface area contributed by atoms with E-state index in [1.807, 2.05) is 0 Å². The van der Waals surface area contributed by atoms with Crippen LogP contribution >= 0.6 is 0 Å². The van der Waals surface area contributed by atoms with E-state index >= 15 is 0 Å². The molecule has 94 valence electrons. The molecule has 4 heteroatoms. The van der Waals surface area contributed by atoms with Crippen LogP contribution in [0.4, 0.5) is 8.78 Å². The lowest BCUT2D eigenvalue weighted by molar-refractivity contribution is 0.0537. The van der Waals surface area contributed by atoms with E-state index in [1.54, 1.807) is 0 Å². The summed E-state index contributed by atoms with van der Waals surface area (Å²) in [5.74, 6) is -1.73. The van der Waals surface area contributed by atoms with Gasteiger partial charge in [0.2, 0.25) is 0 Å². The monoisotopic (exact) mass is 242 g/mol. The van der Waals surface area contributed by atoms with E-state index in [4.69, 9.17) is 4.74 Å². The second-order valence-electron chi connectivity index (χ2n) is 4.44. The Balaban J connectivity index is 1.93. The second kappa shape index (κ2) is 5.56. The van der Waals surface area contributed by atoms with Crippen LogP contribution in [0, 0.1) is 11.6 Å². The van der Waals surface area contributed by atoms with Crippen molar-refractivity contribution in [3.05, 3.63) is 35.4 Å². The molecule has 0 bridgehead atoms. The maximum absolute atomic E-state index is 13.4. The number of benzene rings is 1. The molecule has 1 heterocycles. The van der Waals surface area contributed by atoms with Gasteiger partial charge in [-0.05, 0) is 30.9 Å². The van der Waals surface area contributed by atoms with Crippen molar-refractivity contribution in [2.24, 2.45) is 0 Å². The molecule has 0 aliphatic carbocycles. The highest BCUT2D eigenvalue weighted by atomic mass is 19.2. The zero-order valence-corrected chi connectivity index (χ0v) is 9.53. The van der Waals surface area contributed by atoms with Crippen LogP contribution in [-0.4, -0.2) is 23.9 Å². The highest BCUT2D eigenvalue weighted by Gasteiger charge is 2.20. The van der Waals surface area contributed by atoms with Crippen molar-refractivity contribution in [3.8, 4) is 0 Å². The SMILES string of the molecule is OC(Cc1cccc(F)c1F)CC1CCCO1. The number of hydrogen-bond acceptors (Lipinski definition) is 2. The number of rotatable bonds is 4. The number of hydrogen-bond donors (Lipinski definition) is 1. The fraction of sp³-hybridized carbons (Fsp3) is 0.538. The molecular formula is C13H16F2O2. The molecule has 1 aromatic carbocycles. The van der Waals surface area contributed by atoms with Gasteiger partial charge in [-0.15, -0.1) is 0 Å². The number of ether oxygens (including phenoxy) is 1. The smallest absolute Gasteiger partial charge is 0.162 e. The van der Waals surface area contributed by atoms with Gasteiger partial charge in [0.1, 0.15) is 0 Å². The van der Waals surface area contributed by atoms with E-state index in [0.29, 0.717) is 6.42 Å². The van der Waals surface area contributed by atoms with E-state index < -0.39 is 17.7 Å². The maximum Gasteiger partial charge on any atom is 0.162 e. The number of halogens is 2. The normalized spacial score (nSPS) is 21.7. The summed E-state index contributed by atoms with van der Waals surface area (Å²) in [6.45, 7) is 0.728. The van der Waals surface area contributed by atoms with Gasteiger partial charge in [0, 0.05) is 13.0 Å². The Kier molecular flexibility index (Phi) is 4.07. The molecule has 1 fully saturated rings. The Morgan fingerprint density at radius 2 is 2.24 bits per heavy atom. The predicted octanol–water partition coefficient (Wildman–Crippen LogP) is 2.44. The molecule has 0 radical (unpaired) electrons. The first kappa shape index (κ1) is 12.5. The Morgan fingerprint density at radius 1 is 1.41 bits per heavy atom. The highest BCUT2D eigenvalue weighted by Crippen LogP contribution is 2.20. The Bertz CT molecular complexity index is 376. The lowest BCUT2D eigenvalue weighted by Gasteiger charge is -2.15. The summed E-state index contributed by atoms with van der Waals surface area (Å²) in [5.41, 5.74) is 0.218. The van der Waals surface area contributed by atoms with Gasteiger partial charge in [0.05, 0.1) is 12.2 Å². The third-order valence-corrected chi connectivity index (χ3v) is 3.05. The molecule has 1 aromatic rings. The summed E-state index contributed by atoms with van der Waals surface area (Å²) in [7, 11) is 0. The minimum Gasteiger partial charge on any atom is -0.393 e. The summed E-state index contributed by atoms with van der Waals surface area (Å²) in [4.78, 5) is 0. The van der Waals surface area contributed by atoms with Gasteiger partial charge in [0.25, 0.3) is 0 Å². The summed E-state index contributed by atoms with van der Waals surface area (Å²) < 4.78 is 31.7. The first-order valence-electron chi connectivity index (χ1n) is 5.89. The summed E-state index contributed by atoms with van der Waals surface area (Å²) >= 11 is 0. The van der Waals surface area contributed by atoms with Crippen molar-refractivity contribution in [3.63, 3.8) is 0 Å². The lowest BCUT2D eigenvalue weighted by atomic mass is 10.0. The predicted molar refractivity (Wildman–Crippen MR) is 59.7 cm³/mol. The van der Waals surface area contributed by atoms with Crippen molar-refractivity contribution in [1.29, 1.82) is 0 Å². The molecule has 1 aliphatic rings. The minimum absolute atomic E-state index is 0.0571. The van der Waals surface area contributed by atoms with Gasteiger partial charge in [-0.25, -0.2) is 8.78 Å². The lowest BCUT2D eigenvalue weighted by Crippen LogP contribution is -2.19. The average molecular weight is 242 g/mol. The molecule has 1 saturated heterocycles. The Hall–Kier alpha value is -1.00. The summed E-state index contributed by atoms with van der Waals surface area (Å²) in [6, 6.07) is 4.02. The third kappa shape index (κ3) is 3.23. The molecule has 2 unspecified atom stereocenters. The van der Waals surface area contributed by atoms with Crippen molar-refractivity contribution < 1.29 is 18.6 Å². The van der Waals surface area contributed by atoms with E-state index in [0.717, 1.165) is 25.5 Å². The molecule has 1 aliphatic heterocycles. The second-order valence-corrected chi connectivity index (χ2v) is 4.44. The quantitative estimate of drug-likeness (QED) is 0.878. The Morgan fingerprint density at radius 3 is 2.94 bits per heavy atom. The van der Waals surface area contributed by atoms with Crippen molar-refractivity contribution in [2.75, 3.05) is 6.61 Å². The van der Waals surface area contributed by atoms with E-state index in [1.165, 1.54) is 12.1 Å². The van der Waals surface area contributed by atoms with Crippen molar-refractivity contribution in [2.45, 2.75) is 37.9 Å². The molecule has 0 amide bonds. The summed E-state index contributed by atoms with van der Waals surface area (Å²) in [5, 5.41) is 9.81. The number of aliphatic hydroxyl groups is 1. The molecular weight excluding hydrogens is 226 g/mol. The van der Waals surface area contributed by atoms with Crippen LogP contribution in [0.25, 0.3) is 0 Å². The largest absolute Gasteiger partial charge is 0.393 e. The molecule has 0 aromatic heterocycles. The highest BCUT2D eigenvalue weighted by molar-refractivity contribution is 5.19. The van der Waals surface area contributed by atoms with E-state index in [-0.39, 0.29) is 18.1 Å². The third-order valence-electron chi connectivity index (χ3n) is 3.05. The first-order chi connectivity index (χ1) is 8.16. The van der Waals surface area contributed by atoms with Crippen LogP contribution in [0.5, 0.6) is 0 Å². The van der Waals surface area contributed by atoms with Gasteiger partial charge >= 0.3 is 0 Å². The molecule has 17 heavy (non-hydrogen) atoms. The van der Waals surface area contributed by atoms with Gasteiger partial charge in [0.15, 0.2) is 11.6 Å². The molecule has 1 N–H and O–H groups in total.